The van der Waals surface area contributed by atoms with Gasteiger partial charge in [0.15, 0.2) is 0 Å². The minimum absolute atomic E-state index is 0.212. The van der Waals surface area contributed by atoms with E-state index in [1.807, 2.05) is 0 Å². The number of nitrogens with zero attached hydrogens (tertiary/aromatic N) is 1. The SMILES string of the molecule is CC1(C)C(=O)NC(=O)CN1C(=O)CNC(=O)CN. The Kier molecular flexibility index (Phi) is 4.02. The van der Waals surface area contributed by atoms with Crippen molar-refractivity contribution >= 4 is 23.6 Å². The number of rotatable bonds is 3. The van der Waals surface area contributed by atoms with Gasteiger partial charge in [0.2, 0.25) is 17.7 Å². The highest BCUT2D eigenvalue weighted by atomic mass is 16.2. The third kappa shape index (κ3) is 2.83. The molecule has 0 radical (unpaired) electrons. The monoisotopic (exact) mass is 256 g/mol. The van der Waals surface area contributed by atoms with Crippen molar-refractivity contribution in [1.29, 1.82) is 0 Å². The van der Waals surface area contributed by atoms with Gasteiger partial charge in [0.25, 0.3) is 5.91 Å². The second-order valence-corrected chi connectivity index (χ2v) is 4.40. The number of carbonyl (C=O) groups is 4. The second kappa shape index (κ2) is 5.13. The highest BCUT2D eigenvalue weighted by molar-refractivity contribution is 6.06. The summed E-state index contributed by atoms with van der Waals surface area (Å²) in [6, 6.07) is 0. The van der Waals surface area contributed by atoms with E-state index in [4.69, 9.17) is 5.73 Å². The first-order valence-corrected chi connectivity index (χ1v) is 5.40. The van der Waals surface area contributed by atoms with Crippen LogP contribution >= 0.6 is 0 Å². The highest BCUT2D eigenvalue weighted by Gasteiger charge is 2.43. The first kappa shape index (κ1) is 14.1. The molecule has 0 aromatic carbocycles. The third-order valence-corrected chi connectivity index (χ3v) is 2.71. The molecule has 0 saturated carbocycles. The number of nitrogens with one attached hydrogen (secondary N) is 2. The average Bonchev–Trinajstić information content (AvgIpc) is 2.30. The molecule has 1 heterocycles. The van der Waals surface area contributed by atoms with Crippen LogP contribution in [-0.2, 0) is 19.2 Å². The average molecular weight is 256 g/mol. The maximum Gasteiger partial charge on any atom is 0.252 e. The van der Waals surface area contributed by atoms with Crippen LogP contribution in [0.5, 0.6) is 0 Å². The Balaban J connectivity index is 2.73. The van der Waals surface area contributed by atoms with Crippen LogP contribution in [0.25, 0.3) is 0 Å². The fourth-order valence-electron chi connectivity index (χ4n) is 1.52. The zero-order valence-corrected chi connectivity index (χ0v) is 10.3. The van der Waals surface area contributed by atoms with Gasteiger partial charge in [0.05, 0.1) is 13.1 Å². The number of amides is 4. The van der Waals surface area contributed by atoms with Crippen LogP contribution in [0.1, 0.15) is 13.8 Å². The van der Waals surface area contributed by atoms with Crippen LogP contribution in [-0.4, -0.2) is 53.7 Å². The molecule has 4 N–H and O–H groups in total. The van der Waals surface area contributed by atoms with Gasteiger partial charge in [-0.1, -0.05) is 0 Å². The first-order chi connectivity index (χ1) is 8.28. The number of carbonyl (C=O) groups excluding carboxylic acids is 4. The molecule has 1 aliphatic rings. The summed E-state index contributed by atoms with van der Waals surface area (Å²) in [5, 5.41) is 4.45. The predicted octanol–water partition coefficient (Wildman–Crippen LogP) is -2.68. The van der Waals surface area contributed by atoms with E-state index >= 15 is 0 Å². The van der Waals surface area contributed by atoms with Crippen LogP contribution in [0.3, 0.4) is 0 Å². The molecule has 1 aliphatic heterocycles. The molecule has 1 saturated heterocycles. The Morgan fingerprint density at radius 3 is 2.61 bits per heavy atom. The quantitative estimate of drug-likeness (QED) is 0.475. The van der Waals surface area contributed by atoms with Crippen LogP contribution in [0.2, 0.25) is 0 Å². The minimum Gasteiger partial charge on any atom is -0.346 e. The van der Waals surface area contributed by atoms with E-state index in [1.165, 1.54) is 13.8 Å². The summed E-state index contributed by atoms with van der Waals surface area (Å²) in [6.45, 7) is 2.32. The molecule has 100 valence electrons. The predicted molar refractivity (Wildman–Crippen MR) is 61.0 cm³/mol. The van der Waals surface area contributed by atoms with Crippen molar-refractivity contribution in [2.75, 3.05) is 19.6 Å². The molecule has 8 nitrogen and oxygen atoms in total. The van der Waals surface area contributed by atoms with Crippen molar-refractivity contribution in [1.82, 2.24) is 15.5 Å². The summed E-state index contributed by atoms with van der Waals surface area (Å²) >= 11 is 0. The van der Waals surface area contributed by atoms with Crippen LogP contribution < -0.4 is 16.4 Å². The van der Waals surface area contributed by atoms with E-state index in [2.05, 4.69) is 10.6 Å². The standard InChI is InChI=1S/C10H16N4O4/c1-10(2)9(18)13-7(16)5-14(10)8(17)4-12-6(15)3-11/h3-5,11H2,1-2H3,(H,12,15)(H,13,16,18). The van der Waals surface area contributed by atoms with Gasteiger partial charge in [0, 0.05) is 0 Å². The van der Waals surface area contributed by atoms with Gasteiger partial charge >= 0.3 is 0 Å². The Labute approximate surface area is 104 Å². The zero-order chi connectivity index (χ0) is 13.9. The molecule has 0 spiro atoms. The van der Waals surface area contributed by atoms with E-state index in [1.54, 1.807) is 0 Å². The lowest BCUT2D eigenvalue weighted by Gasteiger charge is -2.40. The van der Waals surface area contributed by atoms with E-state index in [0.29, 0.717) is 0 Å². The summed E-state index contributed by atoms with van der Waals surface area (Å²) in [6.07, 6.45) is 0. The topological polar surface area (TPSA) is 122 Å². The molecule has 0 unspecified atom stereocenters. The minimum atomic E-state index is -1.13. The Morgan fingerprint density at radius 1 is 1.44 bits per heavy atom. The number of hydrogen-bond donors (Lipinski definition) is 3. The third-order valence-electron chi connectivity index (χ3n) is 2.71. The van der Waals surface area contributed by atoms with Crippen LogP contribution in [0.15, 0.2) is 0 Å². The van der Waals surface area contributed by atoms with E-state index in [9.17, 15) is 19.2 Å². The van der Waals surface area contributed by atoms with Gasteiger partial charge in [-0.3, -0.25) is 24.5 Å². The molecule has 1 fully saturated rings. The van der Waals surface area contributed by atoms with Gasteiger partial charge in [-0.25, -0.2) is 0 Å². The molecular weight excluding hydrogens is 240 g/mol. The van der Waals surface area contributed by atoms with Crippen LogP contribution in [0.4, 0.5) is 0 Å². The Bertz CT molecular complexity index is 405. The van der Waals surface area contributed by atoms with E-state index in [0.717, 1.165) is 4.90 Å². The Hall–Kier alpha value is -1.96. The summed E-state index contributed by atoms with van der Waals surface area (Å²) in [7, 11) is 0. The molecule has 8 heteroatoms. The maximum absolute atomic E-state index is 11.9. The van der Waals surface area contributed by atoms with Crippen molar-refractivity contribution in [3.63, 3.8) is 0 Å². The van der Waals surface area contributed by atoms with E-state index in [-0.39, 0.29) is 19.6 Å². The van der Waals surface area contributed by atoms with Crippen molar-refractivity contribution in [3.05, 3.63) is 0 Å². The van der Waals surface area contributed by atoms with Gasteiger partial charge in [-0.15, -0.1) is 0 Å². The number of piperazine rings is 1. The van der Waals surface area contributed by atoms with Gasteiger partial charge in [-0.05, 0) is 13.8 Å². The molecule has 0 atom stereocenters. The van der Waals surface area contributed by atoms with Gasteiger partial charge in [-0.2, -0.15) is 0 Å². The van der Waals surface area contributed by atoms with Crippen molar-refractivity contribution < 1.29 is 19.2 Å². The van der Waals surface area contributed by atoms with Gasteiger partial charge < -0.3 is 16.0 Å². The number of imide groups is 1. The largest absolute Gasteiger partial charge is 0.346 e. The smallest absolute Gasteiger partial charge is 0.252 e. The molecular formula is C10H16N4O4. The fourth-order valence-corrected chi connectivity index (χ4v) is 1.52. The van der Waals surface area contributed by atoms with Crippen LogP contribution in [0, 0.1) is 0 Å². The summed E-state index contributed by atoms with van der Waals surface area (Å²) < 4.78 is 0. The molecule has 18 heavy (non-hydrogen) atoms. The first-order valence-electron chi connectivity index (χ1n) is 5.40. The molecule has 4 amide bonds. The van der Waals surface area contributed by atoms with E-state index < -0.39 is 29.2 Å². The summed E-state index contributed by atoms with van der Waals surface area (Å²) in [4.78, 5) is 46.8. The lowest BCUT2D eigenvalue weighted by Crippen LogP contribution is -2.66. The maximum atomic E-state index is 11.9. The molecule has 0 aliphatic carbocycles. The molecule has 0 aromatic heterocycles. The second-order valence-electron chi connectivity index (χ2n) is 4.40. The summed E-state index contributed by atoms with van der Waals surface area (Å²) in [5.74, 6) is -2.07. The number of hydrogen-bond acceptors (Lipinski definition) is 5. The van der Waals surface area contributed by atoms with Crippen molar-refractivity contribution in [2.24, 2.45) is 5.73 Å². The zero-order valence-electron chi connectivity index (χ0n) is 10.3. The normalized spacial score (nSPS) is 18.3. The number of nitrogens with two attached hydrogens (primary N) is 1. The Morgan fingerprint density at radius 2 is 2.06 bits per heavy atom. The molecule has 1 rings (SSSR count). The molecule has 0 aromatic rings. The van der Waals surface area contributed by atoms with Crippen molar-refractivity contribution in [3.8, 4) is 0 Å². The fraction of sp³-hybridized carbons (Fsp3) is 0.600. The lowest BCUT2D eigenvalue weighted by molar-refractivity contribution is -0.155. The van der Waals surface area contributed by atoms with Gasteiger partial charge in [0.1, 0.15) is 12.1 Å². The highest BCUT2D eigenvalue weighted by Crippen LogP contribution is 2.17. The lowest BCUT2D eigenvalue weighted by atomic mass is 9.98. The molecule has 0 bridgehead atoms. The summed E-state index contributed by atoms with van der Waals surface area (Å²) in [5.41, 5.74) is 3.95. The van der Waals surface area contributed by atoms with Crippen molar-refractivity contribution in [2.45, 2.75) is 19.4 Å².